The van der Waals surface area contributed by atoms with Crippen LogP contribution in [0.3, 0.4) is 0 Å². The number of imidazole rings is 1. The van der Waals surface area contributed by atoms with E-state index in [1.165, 1.54) is 0 Å². The van der Waals surface area contributed by atoms with Crippen LogP contribution in [0.15, 0.2) is 30.6 Å². The van der Waals surface area contributed by atoms with Crippen LogP contribution < -0.4 is 5.32 Å². The van der Waals surface area contributed by atoms with Gasteiger partial charge in [-0.25, -0.2) is 4.98 Å². The number of aliphatic hydroxyl groups excluding tert-OH is 1. The molecule has 0 saturated heterocycles. The van der Waals surface area contributed by atoms with Gasteiger partial charge in [-0.2, -0.15) is 0 Å². The third-order valence-electron chi connectivity index (χ3n) is 3.00. The van der Waals surface area contributed by atoms with Crippen molar-refractivity contribution in [2.45, 2.75) is 19.9 Å². The Hall–Kier alpha value is -2.58. The smallest absolute Gasteiger partial charge is 0.253 e. The maximum atomic E-state index is 12.4. The number of nitrogens with one attached hydrogen (secondary N) is 2. The first-order valence-electron chi connectivity index (χ1n) is 6.62. The molecule has 3 N–H and O–H groups in total. The Morgan fingerprint density at radius 3 is 3.00 bits per heavy atom. The molecule has 2 rings (SSSR count). The van der Waals surface area contributed by atoms with Gasteiger partial charge in [-0.1, -0.05) is 23.5 Å². The number of aromatic nitrogens is 2. The van der Waals surface area contributed by atoms with E-state index in [1.54, 1.807) is 24.5 Å². The summed E-state index contributed by atoms with van der Waals surface area (Å²) >= 11 is 0. The van der Waals surface area contributed by atoms with Gasteiger partial charge < -0.3 is 15.4 Å². The van der Waals surface area contributed by atoms with Gasteiger partial charge in [-0.05, 0) is 26.0 Å². The molecule has 108 valence electrons. The highest BCUT2D eigenvalue weighted by molar-refractivity contribution is 5.97. The van der Waals surface area contributed by atoms with Gasteiger partial charge in [-0.3, -0.25) is 4.79 Å². The van der Waals surface area contributed by atoms with E-state index in [4.69, 9.17) is 5.11 Å². The molecule has 1 unspecified atom stereocenters. The molecule has 2 aromatic rings. The highest BCUT2D eigenvalue weighted by Crippen LogP contribution is 2.13. The zero-order chi connectivity index (χ0) is 15.2. The molecular formula is C16H17N3O2. The van der Waals surface area contributed by atoms with Gasteiger partial charge in [0.2, 0.25) is 0 Å². The van der Waals surface area contributed by atoms with Gasteiger partial charge in [0.05, 0.1) is 11.6 Å². The van der Waals surface area contributed by atoms with Crippen LogP contribution in [0.2, 0.25) is 0 Å². The Morgan fingerprint density at radius 2 is 2.33 bits per heavy atom. The van der Waals surface area contributed by atoms with Gasteiger partial charge in [0.1, 0.15) is 12.4 Å². The Labute approximate surface area is 123 Å². The second-order valence-corrected chi connectivity index (χ2v) is 4.68. The number of aryl methyl sites for hydroxylation is 1. The number of amides is 1. The Balaban J connectivity index is 2.24. The first kappa shape index (κ1) is 14.8. The van der Waals surface area contributed by atoms with E-state index in [-0.39, 0.29) is 18.6 Å². The van der Waals surface area contributed by atoms with E-state index in [9.17, 15) is 4.79 Å². The summed E-state index contributed by atoms with van der Waals surface area (Å²) in [4.78, 5) is 19.5. The predicted octanol–water partition coefficient (Wildman–Crippen LogP) is 1.55. The summed E-state index contributed by atoms with van der Waals surface area (Å²) in [5.41, 5.74) is 2.06. The van der Waals surface area contributed by atoms with E-state index in [2.05, 4.69) is 27.1 Å². The van der Waals surface area contributed by atoms with Crippen molar-refractivity contribution >= 4 is 5.91 Å². The number of H-pyrrole nitrogens is 1. The predicted molar refractivity (Wildman–Crippen MR) is 79.6 cm³/mol. The third kappa shape index (κ3) is 3.71. The van der Waals surface area contributed by atoms with Gasteiger partial charge in [0, 0.05) is 18.0 Å². The van der Waals surface area contributed by atoms with E-state index >= 15 is 0 Å². The molecule has 0 aliphatic heterocycles. The maximum absolute atomic E-state index is 12.4. The van der Waals surface area contributed by atoms with E-state index in [0.717, 1.165) is 5.56 Å². The molecule has 0 radical (unpaired) electrons. The van der Waals surface area contributed by atoms with Crippen molar-refractivity contribution in [2.24, 2.45) is 0 Å². The molecule has 21 heavy (non-hydrogen) atoms. The minimum Gasteiger partial charge on any atom is -0.384 e. The normalized spacial score (nSPS) is 11.4. The molecule has 0 bridgehead atoms. The summed E-state index contributed by atoms with van der Waals surface area (Å²) in [6.45, 7) is 3.53. The quantitative estimate of drug-likeness (QED) is 0.748. The van der Waals surface area contributed by atoms with Crippen molar-refractivity contribution in [2.75, 3.05) is 6.61 Å². The summed E-state index contributed by atoms with van der Waals surface area (Å²) < 4.78 is 0. The second kappa shape index (κ2) is 6.73. The van der Waals surface area contributed by atoms with Crippen LogP contribution >= 0.6 is 0 Å². The van der Waals surface area contributed by atoms with E-state index in [0.29, 0.717) is 17.0 Å². The number of hydrogen-bond acceptors (Lipinski definition) is 3. The van der Waals surface area contributed by atoms with Crippen LogP contribution in [0.25, 0.3) is 0 Å². The number of nitrogens with zero attached hydrogens (tertiary/aromatic N) is 1. The Kier molecular flexibility index (Phi) is 4.75. The summed E-state index contributed by atoms with van der Waals surface area (Å²) in [5, 5.41) is 11.7. The number of rotatable bonds is 3. The number of aliphatic hydroxyl groups is 1. The molecule has 0 saturated carbocycles. The van der Waals surface area contributed by atoms with Gasteiger partial charge in [0.25, 0.3) is 5.91 Å². The van der Waals surface area contributed by atoms with Crippen molar-refractivity contribution in [1.29, 1.82) is 0 Å². The number of carbonyl (C=O) groups excluding carboxylic acids is 1. The fraction of sp³-hybridized carbons (Fsp3) is 0.250. The highest BCUT2D eigenvalue weighted by Gasteiger charge is 2.15. The summed E-state index contributed by atoms with van der Waals surface area (Å²) in [5.74, 6) is 5.84. The topological polar surface area (TPSA) is 78.0 Å². The monoisotopic (exact) mass is 283 g/mol. The van der Waals surface area contributed by atoms with Crippen LogP contribution in [-0.2, 0) is 0 Å². The maximum Gasteiger partial charge on any atom is 0.253 e. The molecule has 0 aliphatic rings. The first-order chi connectivity index (χ1) is 10.1. The van der Waals surface area contributed by atoms with Gasteiger partial charge >= 0.3 is 0 Å². The number of carbonyl (C=O) groups is 1. The molecule has 1 heterocycles. The summed E-state index contributed by atoms with van der Waals surface area (Å²) in [7, 11) is 0. The van der Waals surface area contributed by atoms with Crippen molar-refractivity contribution in [3.8, 4) is 11.8 Å². The average molecular weight is 283 g/mol. The number of hydrogen-bond donors (Lipinski definition) is 3. The van der Waals surface area contributed by atoms with Crippen LogP contribution in [0.1, 0.15) is 40.3 Å². The molecule has 5 heteroatoms. The van der Waals surface area contributed by atoms with Crippen LogP contribution in [-0.4, -0.2) is 27.6 Å². The molecule has 1 atom stereocenters. The molecule has 1 amide bonds. The summed E-state index contributed by atoms with van der Waals surface area (Å²) in [6.07, 6.45) is 3.35. The molecule has 0 spiro atoms. The van der Waals surface area contributed by atoms with Crippen LogP contribution in [0, 0.1) is 18.8 Å². The van der Waals surface area contributed by atoms with Crippen molar-refractivity contribution < 1.29 is 9.90 Å². The molecule has 1 aromatic carbocycles. The zero-order valence-corrected chi connectivity index (χ0v) is 12.0. The van der Waals surface area contributed by atoms with Gasteiger partial charge in [0.15, 0.2) is 0 Å². The minimum atomic E-state index is -0.238. The van der Waals surface area contributed by atoms with Crippen molar-refractivity contribution in [3.63, 3.8) is 0 Å². The molecule has 5 nitrogen and oxygen atoms in total. The average Bonchev–Trinajstić information content (AvgIpc) is 3.00. The standard InChI is InChI=1S/C16H17N3O2/c1-11-5-6-13(4-3-9-20)14(10-11)16(21)19-12(2)15-17-7-8-18-15/h5-8,10,12,20H,9H2,1-2H3,(H,17,18)(H,19,21). The lowest BCUT2D eigenvalue weighted by molar-refractivity contribution is 0.0938. The highest BCUT2D eigenvalue weighted by atomic mass is 16.2. The minimum absolute atomic E-state index is 0.218. The Morgan fingerprint density at radius 1 is 1.52 bits per heavy atom. The SMILES string of the molecule is Cc1ccc(C#CCO)c(C(=O)NC(C)c2ncc[nH]2)c1. The van der Waals surface area contributed by atoms with Crippen molar-refractivity contribution in [1.82, 2.24) is 15.3 Å². The van der Waals surface area contributed by atoms with Crippen LogP contribution in [0.5, 0.6) is 0 Å². The lowest BCUT2D eigenvalue weighted by Crippen LogP contribution is -2.28. The first-order valence-corrected chi connectivity index (χ1v) is 6.62. The fourth-order valence-corrected chi connectivity index (χ4v) is 1.95. The molecule has 0 aliphatic carbocycles. The van der Waals surface area contributed by atoms with Crippen LogP contribution in [0.4, 0.5) is 0 Å². The number of aromatic amines is 1. The second-order valence-electron chi connectivity index (χ2n) is 4.68. The van der Waals surface area contributed by atoms with E-state index < -0.39 is 0 Å². The van der Waals surface area contributed by atoms with Gasteiger partial charge in [-0.15, -0.1) is 0 Å². The third-order valence-corrected chi connectivity index (χ3v) is 3.00. The largest absolute Gasteiger partial charge is 0.384 e. The lowest BCUT2D eigenvalue weighted by atomic mass is 10.0. The lowest BCUT2D eigenvalue weighted by Gasteiger charge is -2.13. The summed E-state index contributed by atoms with van der Waals surface area (Å²) in [6, 6.07) is 5.22. The fourth-order valence-electron chi connectivity index (χ4n) is 1.95. The molecular weight excluding hydrogens is 266 g/mol. The molecule has 0 fully saturated rings. The van der Waals surface area contributed by atoms with Crippen molar-refractivity contribution in [3.05, 3.63) is 53.1 Å². The number of benzene rings is 1. The Bertz CT molecular complexity index is 681. The van der Waals surface area contributed by atoms with E-state index in [1.807, 2.05) is 19.9 Å². The zero-order valence-electron chi connectivity index (χ0n) is 12.0. The molecule has 1 aromatic heterocycles.